The molecule has 7 heteroatoms. The molecule has 0 amide bonds. The minimum atomic E-state index is -1.02. The largest absolute Gasteiger partial charge is 0.508 e. The lowest BCUT2D eigenvalue weighted by Gasteiger charge is -2.21. The van der Waals surface area contributed by atoms with Crippen molar-refractivity contribution in [3.05, 3.63) is 48.6 Å². The van der Waals surface area contributed by atoms with Crippen molar-refractivity contribution in [1.29, 1.82) is 0 Å². The Kier molecular flexibility index (Phi) is 6.78. The maximum absolute atomic E-state index is 10.9. The van der Waals surface area contributed by atoms with Gasteiger partial charge < -0.3 is 20.7 Å². The fourth-order valence-corrected chi connectivity index (χ4v) is 4.58. The average Bonchev–Trinajstić information content (AvgIpc) is 2.51. The third-order valence-electron chi connectivity index (χ3n) is 3.83. The quantitative estimate of drug-likeness (QED) is 0.448. The van der Waals surface area contributed by atoms with E-state index in [0.717, 1.165) is 18.3 Å². The van der Waals surface area contributed by atoms with Crippen molar-refractivity contribution in [3.8, 4) is 17.2 Å². The Bertz CT molecular complexity index is 808. The number of phenols is 1. The van der Waals surface area contributed by atoms with Crippen LogP contribution < -0.4 is 10.5 Å². The molecule has 0 heterocycles. The van der Waals surface area contributed by atoms with Gasteiger partial charge in [0.2, 0.25) is 0 Å². The van der Waals surface area contributed by atoms with Crippen LogP contribution in [0.2, 0.25) is 0 Å². The first-order chi connectivity index (χ1) is 12.0. The highest BCUT2D eigenvalue weighted by molar-refractivity contribution is 14.1. The number of aromatic hydroxyl groups is 1. The van der Waals surface area contributed by atoms with Crippen LogP contribution in [0.15, 0.2) is 30.3 Å². The molecule has 0 radical (unpaired) electrons. The van der Waals surface area contributed by atoms with E-state index in [1.807, 2.05) is 39.0 Å². The lowest BCUT2D eigenvalue weighted by atomic mass is 9.86. The number of ether oxygens (including phenoxy) is 1. The van der Waals surface area contributed by atoms with Crippen LogP contribution in [0.1, 0.15) is 31.9 Å². The highest BCUT2D eigenvalue weighted by Gasteiger charge is 2.20. The molecule has 0 aliphatic heterocycles. The number of benzene rings is 2. The van der Waals surface area contributed by atoms with Gasteiger partial charge in [-0.1, -0.05) is 20.8 Å². The van der Waals surface area contributed by atoms with E-state index in [-0.39, 0.29) is 17.6 Å². The summed E-state index contributed by atoms with van der Waals surface area (Å²) in [5, 5.41) is 19.1. The van der Waals surface area contributed by atoms with E-state index in [1.165, 1.54) is 0 Å². The van der Waals surface area contributed by atoms with Crippen molar-refractivity contribution in [1.82, 2.24) is 0 Å². The number of carboxylic acids is 1. The lowest BCUT2D eigenvalue weighted by Crippen LogP contribution is -2.32. The molecule has 26 heavy (non-hydrogen) atoms. The van der Waals surface area contributed by atoms with Gasteiger partial charge in [-0.2, -0.15) is 0 Å². The number of phenolic OH excluding ortho intramolecular Hbond substituents is 1. The summed E-state index contributed by atoms with van der Waals surface area (Å²) in [4.78, 5) is 10.9. The van der Waals surface area contributed by atoms with Crippen molar-refractivity contribution < 1.29 is 19.7 Å². The minimum Gasteiger partial charge on any atom is -0.508 e. The van der Waals surface area contributed by atoms with Crippen LogP contribution in [0.25, 0.3) is 0 Å². The third kappa shape index (κ3) is 5.23. The van der Waals surface area contributed by atoms with Crippen molar-refractivity contribution >= 4 is 51.2 Å². The number of hydrogen-bond donors (Lipinski definition) is 3. The van der Waals surface area contributed by atoms with Gasteiger partial charge in [-0.3, -0.25) is 4.79 Å². The molecule has 0 aliphatic carbocycles. The molecule has 2 aromatic rings. The van der Waals surface area contributed by atoms with Gasteiger partial charge in [-0.25, -0.2) is 0 Å². The molecule has 1 atom stereocenters. The summed E-state index contributed by atoms with van der Waals surface area (Å²) >= 11 is 4.33. The molecule has 0 aliphatic rings. The van der Waals surface area contributed by atoms with Crippen molar-refractivity contribution in [2.24, 2.45) is 5.73 Å². The van der Waals surface area contributed by atoms with Crippen LogP contribution in [-0.4, -0.2) is 22.2 Å². The molecule has 0 unspecified atom stereocenters. The van der Waals surface area contributed by atoms with Gasteiger partial charge >= 0.3 is 5.97 Å². The number of carboxylic acid groups (broad SMARTS) is 1. The van der Waals surface area contributed by atoms with Crippen LogP contribution in [0.3, 0.4) is 0 Å². The minimum absolute atomic E-state index is 0.208. The second-order valence-corrected chi connectivity index (χ2v) is 9.39. The van der Waals surface area contributed by atoms with E-state index in [4.69, 9.17) is 15.6 Å². The van der Waals surface area contributed by atoms with Gasteiger partial charge in [-0.15, -0.1) is 0 Å². The molecule has 0 spiro atoms. The number of carbonyl (C=O) groups is 1. The molecule has 2 rings (SSSR count). The third-order valence-corrected chi connectivity index (χ3v) is 5.43. The predicted octanol–water partition coefficient (Wildman–Crippen LogP) is 4.65. The molecule has 0 saturated heterocycles. The number of halogens is 2. The monoisotopic (exact) mass is 581 g/mol. The smallest absolute Gasteiger partial charge is 0.320 e. The van der Waals surface area contributed by atoms with Crippen molar-refractivity contribution in [3.63, 3.8) is 0 Å². The Morgan fingerprint density at radius 1 is 1.19 bits per heavy atom. The topological polar surface area (TPSA) is 92.8 Å². The summed E-state index contributed by atoms with van der Waals surface area (Å²) < 4.78 is 7.80. The average molecular weight is 581 g/mol. The van der Waals surface area contributed by atoms with E-state index >= 15 is 0 Å². The predicted molar refractivity (Wildman–Crippen MR) is 118 cm³/mol. The van der Waals surface area contributed by atoms with Gasteiger partial charge in [0.25, 0.3) is 0 Å². The highest BCUT2D eigenvalue weighted by atomic mass is 127. The molecule has 2 aromatic carbocycles. The molecule has 0 fully saturated rings. The highest BCUT2D eigenvalue weighted by Crippen LogP contribution is 2.37. The summed E-state index contributed by atoms with van der Waals surface area (Å²) in [6, 6.07) is 8.04. The SMILES string of the molecule is CC(C)(C)c1cc(Oc2c(I)cc(C[C@H](N)C(=O)O)cc2I)ccc1O. The van der Waals surface area contributed by atoms with Gasteiger partial charge in [-0.05, 0) is 92.9 Å². The first kappa shape index (κ1) is 21.2. The van der Waals surface area contributed by atoms with Gasteiger partial charge in [0.1, 0.15) is 17.5 Å². The summed E-state index contributed by atoms with van der Waals surface area (Å²) in [7, 11) is 0. The van der Waals surface area contributed by atoms with E-state index < -0.39 is 12.0 Å². The Balaban J connectivity index is 2.32. The normalized spacial score (nSPS) is 12.7. The van der Waals surface area contributed by atoms with Crippen LogP contribution >= 0.6 is 45.2 Å². The zero-order chi connectivity index (χ0) is 19.6. The van der Waals surface area contributed by atoms with E-state index in [9.17, 15) is 9.90 Å². The Hall–Kier alpha value is -1.07. The molecular formula is C19H21I2NO4. The molecule has 5 nitrogen and oxygen atoms in total. The van der Waals surface area contributed by atoms with E-state index in [0.29, 0.717) is 11.5 Å². The van der Waals surface area contributed by atoms with Crippen molar-refractivity contribution in [2.75, 3.05) is 0 Å². The van der Waals surface area contributed by atoms with Crippen molar-refractivity contribution in [2.45, 2.75) is 38.6 Å². The fraction of sp³-hybridized carbons (Fsp3) is 0.316. The maximum atomic E-state index is 10.9. The molecule has 0 bridgehead atoms. The molecule has 0 saturated carbocycles. The maximum Gasteiger partial charge on any atom is 0.320 e. The number of nitrogens with two attached hydrogens (primary N) is 1. The number of aliphatic carboxylic acids is 1. The second-order valence-electron chi connectivity index (χ2n) is 7.07. The van der Waals surface area contributed by atoms with Gasteiger partial charge in [0, 0.05) is 5.56 Å². The van der Waals surface area contributed by atoms with Crippen LogP contribution in [0, 0.1) is 7.14 Å². The number of hydrogen-bond acceptors (Lipinski definition) is 4. The fourth-order valence-electron chi connectivity index (χ4n) is 2.47. The molecule has 0 aromatic heterocycles. The van der Waals surface area contributed by atoms with Crippen LogP contribution in [0.5, 0.6) is 17.2 Å². The van der Waals surface area contributed by atoms with Gasteiger partial charge in [0.05, 0.1) is 7.14 Å². The second kappa shape index (κ2) is 8.30. The van der Waals surface area contributed by atoms with Gasteiger partial charge in [0.15, 0.2) is 5.75 Å². The Morgan fingerprint density at radius 3 is 2.27 bits per heavy atom. The summed E-state index contributed by atoms with van der Waals surface area (Å²) in [6.45, 7) is 6.08. The summed E-state index contributed by atoms with van der Waals surface area (Å²) in [5.74, 6) is 0.560. The zero-order valence-electron chi connectivity index (χ0n) is 14.7. The lowest BCUT2D eigenvalue weighted by molar-refractivity contribution is -0.138. The zero-order valence-corrected chi connectivity index (χ0v) is 19.0. The van der Waals surface area contributed by atoms with Crippen LogP contribution in [-0.2, 0) is 16.6 Å². The summed E-state index contributed by atoms with van der Waals surface area (Å²) in [6.07, 6.45) is 0.259. The Morgan fingerprint density at radius 2 is 1.77 bits per heavy atom. The Labute approximate surface area is 180 Å². The summed E-state index contributed by atoms with van der Waals surface area (Å²) in [5.41, 5.74) is 7.07. The standard InChI is InChI=1S/C19H21I2NO4/c1-19(2,3)12-9-11(4-5-16(12)23)26-17-13(20)6-10(7-14(17)21)8-15(22)18(24)25/h4-7,9,15,23H,8,22H2,1-3H3,(H,24,25)/t15-/m0/s1. The molecule has 140 valence electrons. The number of rotatable bonds is 5. The molecular weight excluding hydrogens is 560 g/mol. The van der Waals surface area contributed by atoms with E-state index in [2.05, 4.69) is 45.2 Å². The van der Waals surface area contributed by atoms with Crippen LogP contribution in [0.4, 0.5) is 0 Å². The first-order valence-corrected chi connectivity index (χ1v) is 10.1. The first-order valence-electron chi connectivity index (χ1n) is 7.96. The van der Waals surface area contributed by atoms with E-state index in [1.54, 1.807) is 12.1 Å². The molecule has 4 N–H and O–H groups in total.